The minimum Gasteiger partial charge on any atom is -0.316 e. The molecule has 1 fully saturated rings. The molecule has 0 saturated carbocycles. The van der Waals surface area contributed by atoms with E-state index in [4.69, 9.17) is 0 Å². The molecule has 1 atom stereocenters. The second-order valence-corrected chi connectivity index (χ2v) is 6.43. The van der Waals surface area contributed by atoms with Gasteiger partial charge in [-0.05, 0) is 36.1 Å². The zero-order valence-electron chi connectivity index (χ0n) is 10.6. The Kier molecular flexibility index (Phi) is 4.23. The monoisotopic (exact) mass is 296 g/mol. The summed E-state index contributed by atoms with van der Waals surface area (Å²) >= 11 is 3.51. The van der Waals surface area contributed by atoms with Crippen molar-refractivity contribution in [1.82, 2.24) is 10.6 Å². The third kappa shape index (κ3) is 3.54. The molecule has 1 aliphatic rings. The maximum Gasteiger partial charge on any atom is 0.0208 e. The molecule has 0 spiro atoms. The quantitative estimate of drug-likeness (QED) is 0.896. The third-order valence-corrected chi connectivity index (χ3v) is 4.07. The molecule has 17 heavy (non-hydrogen) atoms. The number of benzene rings is 1. The Morgan fingerprint density at radius 2 is 2.29 bits per heavy atom. The molecule has 0 aliphatic carbocycles. The van der Waals surface area contributed by atoms with Crippen molar-refractivity contribution in [2.24, 2.45) is 5.41 Å². The molecule has 1 saturated heterocycles. The fourth-order valence-electron chi connectivity index (χ4n) is 2.44. The van der Waals surface area contributed by atoms with Crippen LogP contribution >= 0.6 is 15.9 Å². The lowest BCUT2D eigenvalue weighted by molar-refractivity contribution is 0.184. The number of halogens is 1. The van der Waals surface area contributed by atoms with Gasteiger partial charge in [-0.15, -0.1) is 0 Å². The van der Waals surface area contributed by atoms with Crippen LogP contribution in [-0.2, 0) is 6.54 Å². The summed E-state index contributed by atoms with van der Waals surface area (Å²) in [6.45, 7) is 7.84. The highest BCUT2D eigenvalue weighted by Crippen LogP contribution is 2.25. The number of rotatable bonds is 3. The molecule has 0 amide bonds. The van der Waals surface area contributed by atoms with E-state index in [1.807, 2.05) is 0 Å². The van der Waals surface area contributed by atoms with Crippen molar-refractivity contribution >= 4 is 15.9 Å². The highest BCUT2D eigenvalue weighted by atomic mass is 79.9. The molecule has 3 heteroatoms. The zero-order chi connectivity index (χ0) is 12.3. The summed E-state index contributed by atoms with van der Waals surface area (Å²) in [5, 5.41) is 7.16. The molecule has 1 heterocycles. The predicted octanol–water partition coefficient (Wildman–Crippen LogP) is 2.93. The van der Waals surface area contributed by atoms with Crippen molar-refractivity contribution in [2.75, 3.05) is 13.1 Å². The van der Waals surface area contributed by atoms with Crippen LogP contribution < -0.4 is 10.6 Å². The summed E-state index contributed by atoms with van der Waals surface area (Å²) < 4.78 is 1.15. The van der Waals surface area contributed by atoms with Gasteiger partial charge in [0, 0.05) is 23.6 Å². The first-order valence-electron chi connectivity index (χ1n) is 6.26. The van der Waals surface area contributed by atoms with Crippen molar-refractivity contribution in [2.45, 2.75) is 32.9 Å². The normalized spacial score (nSPS) is 23.6. The Morgan fingerprint density at radius 3 is 3.00 bits per heavy atom. The van der Waals surface area contributed by atoms with Crippen LogP contribution in [-0.4, -0.2) is 19.1 Å². The number of nitrogens with one attached hydrogen (secondary N) is 2. The summed E-state index contributed by atoms with van der Waals surface area (Å²) in [6.07, 6.45) is 1.21. The lowest BCUT2D eigenvalue weighted by atomic mass is 9.80. The summed E-state index contributed by atoms with van der Waals surface area (Å²) in [4.78, 5) is 0. The molecule has 1 aromatic rings. The van der Waals surface area contributed by atoms with Crippen LogP contribution in [0, 0.1) is 5.41 Å². The highest BCUT2D eigenvalue weighted by Gasteiger charge is 2.31. The first-order valence-corrected chi connectivity index (χ1v) is 7.06. The van der Waals surface area contributed by atoms with Gasteiger partial charge in [0.05, 0.1) is 0 Å². The molecular weight excluding hydrogens is 276 g/mol. The van der Waals surface area contributed by atoms with Gasteiger partial charge >= 0.3 is 0 Å². The van der Waals surface area contributed by atoms with Gasteiger partial charge in [0.15, 0.2) is 0 Å². The van der Waals surface area contributed by atoms with Crippen LogP contribution in [0.25, 0.3) is 0 Å². The van der Waals surface area contributed by atoms with E-state index in [1.165, 1.54) is 12.0 Å². The van der Waals surface area contributed by atoms with E-state index in [2.05, 4.69) is 64.7 Å². The van der Waals surface area contributed by atoms with E-state index < -0.39 is 0 Å². The van der Waals surface area contributed by atoms with E-state index in [0.717, 1.165) is 24.1 Å². The molecule has 1 unspecified atom stereocenters. The molecule has 1 aliphatic heterocycles. The largest absolute Gasteiger partial charge is 0.316 e. The van der Waals surface area contributed by atoms with Gasteiger partial charge in [0.2, 0.25) is 0 Å². The number of hydrogen-bond acceptors (Lipinski definition) is 2. The average Bonchev–Trinajstić information content (AvgIpc) is 2.27. The summed E-state index contributed by atoms with van der Waals surface area (Å²) in [6, 6.07) is 9.11. The minimum absolute atomic E-state index is 0.338. The maximum atomic E-state index is 3.69. The van der Waals surface area contributed by atoms with Gasteiger partial charge in [0.1, 0.15) is 0 Å². The fraction of sp³-hybridized carbons (Fsp3) is 0.571. The van der Waals surface area contributed by atoms with E-state index in [-0.39, 0.29) is 0 Å². The minimum atomic E-state index is 0.338. The standard InChI is InChI=1S/C14H21BrN2/c1-14(2)10-16-7-6-13(14)17-9-11-4-3-5-12(15)8-11/h3-5,8,13,16-17H,6-7,9-10H2,1-2H3. The molecule has 2 nitrogen and oxygen atoms in total. The Labute approximate surface area is 112 Å². The first-order chi connectivity index (χ1) is 8.08. The highest BCUT2D eigenvalue weighted by molar-refractivity contribution is 9.10. The van der Waals surface area contributed by atoms with Gasteiger partial charge < -0.3 is 10.6 Å². The van der Waals surface area contributed by atoms with Gasteiger partial charge in [-0.2, -0.15) is 0 Å². The van der Waals surface area contributed by atoms with Crippen molar-refractivity contribution in [3.63, 3.8) is 0 Å². The second kappa shape index (κ2) is 5.51. The molecule has 1 aromatic carbocycles. The Bertz CT molecular complexity index is 376. The Balaban J connectivity index is 1.93. The lowest BCUT2D eigenvalue weighted by Crippen LogP contribution is -2.52. The van der Waals surface area contributed by atoms with Crippen molar-refractivity contribution in [3.8, 4) is 0 Å². The van der Waals surface area contributed by atoms with Crippen LogP contribution in [0.2, 0.25) is 0 Å². The molecule has 94 valence electrons. The van der Waals surface area contributed by atoms with Crippen LogP contribution in [0.15, 0.2) is 28.7 Å². The lowest BCUT2D eigenvalue weighted by Gasteiger charge is -2.39. The van der Waals surface area contributed by atoms with E-state index in [1.54, 1.807) is 0 Å². The summed E-state index contributed by atoms with van der Waals surface area (Å²) in [5.74, 6) is 0. The van der Waals surface area contributed by atoms with Crippen LogP contribution in [0.3, 0.4) is 0 Å². The summed E-state index contributed by atoms with van der Waals surface area (Å²) in [5.41, 5.74) is 1.68. The van der Waals surface area contributed by atoms with Gasteiger partial charge in [-0.1, -0.05) is 41.9 Å². The van der Waals surface area contributed by atoms with E-state index in [9.17, 15) is 0 Å². The number of piperidine rings is 1. The number of hydrogen-bond donors (Lipinski definition) is 2. The van der Waals surface area contributed by atoms with Crippen molar-refractivity contribution < 1.29 is 0 Å². The molecule has 2 N–H and O–H groups in total. The van der Waals surface area contributed by atoms with Gasteiger partial charge in [0.25, 0.3) is 0 Å². The second-order valence-electron chi connectivity index (χ2n) is 5.52. The topological polar surface area (TPSA) is 24.1 Å². The van der Waals surface area contributed by atoms with Crippen molar-refractivity contribution in [3.05, 3.63) is 34.3 Å². The van der Waals surface area contributed by atoms with Crippen LogP contribution in [0.1, 0.15) is 25.8 Å². The summed E-state index contributed by atoms with van der Waals surface area (Å²) in [7, 11) is 0. The maximum absolute atomic E-state index is 3.69. The van der Waals surface area contributed by atoms with Crippen LogP contribution in [0.4, 0.5) is 0 Å². The fourth-order valence-corrected chi connectivity index (χ4v) is 2.88. The SMILES string of the molecule is CC1(C)CNCCC1NCc1cccc(Br)c1. The first kappa shape index (κ1) is 13.1. The molecule has 2 rings (SSSR count). The Hall–Kier alpha value is -0.380. The van der Waals surface area contributed by atoms with Crippen molar-refractivity contribution in [1.29, 1.82) is 0 Å². The molecule has 0 aromatic heterocycles. The zero-order valence-corrected chi connectivity index (χ0v) is 12.2. The smallest absolute Gasteiger partial charge is 0.0208 e. The average molecular weight is 297 g/mol. The molecule has 0 radical (unpaired) electrons. The van der Waals surface area contributed by atoms with E-state index >= 15 is 0 Å². The van der Waals surface area contributed by atoms with Crippen LogP contribution in [0.5, 0.6) is 0 Å². The van der Waals surface area contributed by atoms with Gasteiger partial charge in [-0.3, -0.25) is 0 Å². The predicted molar refractivity (Wildman–Crippen MR) is 76.0 cm³/mol. The van der Waals surface area contributed by atoms with Gasteiger partial charge in [-0.25, -0.2) is 0 Å². The van der Waals surface area contributed by atoms with E-state index in [0.29, 0.717) is 11.5 Å². The molecule has 0 bridgehead atoms. The third-order valence-electron chi connectivity index (χ3n) is 3.58. The Morgan fingerprint density at radius 1 is 1.47 bits per heavy atom. The molecular formula is C14H21BrN2.